The summed E-state index contributed by atoms with van der Waals surface area (Å²) in [7, 11) is -3.20. The molecule has 0 aliphatic carbocycles. The standard InChI is InChI=1S/C18H22N2O4S/c1-4-13(2)24-17-11-14(9-10-19-17)18(21)20-16-8-6-5-7-15(16)12-25(3,22)23/h5-11,13H,4,12H2,1-3H3,(H,20,21). The van der Waals surface area contributed by atoms with Crippen LogP contribution in [0, 0.1) is 0 Å². The molecule has 0 aliphatic heterocycles. The number of rotatable bonds is 7. The number of benzene rings is 1. The third-order valence-corrected chi connectivity index (χ3v) is 4.41. The maximum Gasteiger partial charge on any atom is 0.255 e. The predicted octanol–water partition coefficient (Wildman–Crippen LogP) is 3.06. The third kappa shape index (κ3) is 5.86. The number of nitrogens with one attached hydrogen (secondary N) is 1. The van der Waals surface area contributed by atoms with Crippen LogP contribution < -0.4 is 10.1 Å². The number of hydrogen-bond donors (Lipinski definition) is 1. The second-order valence-corrected chi connectivity index (χ2v) is 8.04. The Balaban J connectivity index is 2.19. The Morgan fingerprint density at radius 3 is 2.68 bits per heavy atom. The molecule has 1 aromatic heterocycles. The van der Waals surface area contributed by atoms with Crippen molar-refractivity contribution in [2.24, 2.45) is 0 Å². The molecule has 7 heteroatoms. The van der Waals surface area contributed by atoms with Gasteiger partial charge in [0, 0.05) is 29.8 Å². The Labute approximate surface area is 148 Å². The van der Waals surface area contributed by atoms with Crippen molar-refractivity contribution in [3.63, 3.8) is 0 Å². The van der Waals surface area contributed by atoms with E-state index in [1.165, 1.54) is 6.20 Å². The summed E-state index contributed by atoms with van der Waals surface area (Å²) in [5.74, 6) is -0.105. The lowest BCUT2D eigenvalue weighted by Gasteiger charge is -2.13. The Morgan fingerprint density at radius 1 is 1.28 bits per heavy atom. The fourth-order valence-corrected chi connectivity index (χ4v) is 2.97. The molecule has 1 atom stereocenters. The number of anilines is 1. The van der Waals surface area contributed by atoms with Crippen molar-refractivity contribution >= 4 is 21.4 Å². The molecule has 134 valence electrons. The number of sulfone groups is 1. The fraction of sp³-hybridized carbons (Fsp3) is 0.333. The summed E-state index contributed by atoms with van der Waals surface area (Å²) in [6.07, 6.45) is 3.50. The number of aromatic nitrogens is 1. The predicted molar refractivity (Wildman–Crippen MR) is 97.6 cm³/mol. The fourth-order valence-electron chi connectivity index (χ4n) is 2.15. The topological polar surface area (TPSA) is 85.4 Å². The molecular weight excluding hydrogens is 340 g/mol. The van der Waals surface area contributed by atoms with Gasteiger partial charge in [-0.05, 0) is 31.0 Å². The van der Waals surface area contributed by atoms with Crippen LogP contribution in [-0.2, 0) is 15.6 Å². The van der Waals surface area contributed by atoms with E-state index in [2.05, 4.69) is 10.3 Å². The van der Waals surface area contributed by atoms with Crippen LogP contribution in [0.1, 0.15) is 36.2 Å². The van der Waals surface area contributed by atoms with Gasteiger partial charge in [0.2, 0.25) is 5.88 Å². The number of nitrogens with zero attached hydrogens (tertiary/aromatic N) is 1. The third-order valence-electron chi connectivity index (χ3n) is 3.58. The molecule has 6 nitrogen and oxygen atoms in total. The second kappa shape index (κ2) is 8.11. The Kier molecular flexibility index (Phi) is 6.14. The van der Waals surface area contributed by atoms with Gasteiger partial charge in [0.1, 0.15) is 0 Å². The van der Waals surface area contributed by atoms with Gasteiger partial charge in [-0.15, -0.1) is 0 Å². The monoisotopic (exact) mass is 362 g/mol. The van der Waals surface area contributed by atoms with Crippen molar-refractivity contribution in [3.8, 4) is 5.88 Å². The molecule has 1 N–H and O–H groups in total. The first-order valence-electron chi connectivity index (χ1n) is 7.98. The molecule has 1 amide bonds. The highest BCUT2D eigenvalue weighted by atomic mass is 32.2. The Hall–Kier alpha value is -2.41. The molecule has 25 heavy (non-hydrogen) atoms. The van der Waals surface area contributed by atoms with Gasteiger partial charge in [-0.3, -0.25) is 4.79 Å². The largest absolute Gasteiger partial charge is 0.475 e. The number of carbonyl (C=O) groups excluding carboxylic acids is 1. The normalized spacial score (nSPS) is 12.4. The highest BCUT2D eigenvalue weighted by molar-refractivity contribution is 7.89. The maximum atomic E-state index is 12.5. The maximum absolute atomic E-state index is 12.5. The minimum absolute atomic E-state index is 0.00120. The van der Waals surface area contributed by atoms with Crippen LogP contribution in [-0.4, -0.2) is 31.7 Å². The number of amides is 1. The number of pyridine rings is 1. The van der Waals surface area contributed by atoms with Crippen LogP contribution in [0.2, 0.25) is 0 Å². The molecule has 0 saturated carbocycles. The minimum atomic E-state index is -3.20. The first kappa shape index (κ1) is 18.9. The zero-order valence-electron chi connectivity index (χ0n) is 14.5. The molecule has 0 saturated heterocycles. The first-order valence-corrected chi connectivity index (χ1v) is 10.0. The molecule has 2 rings (SSSR count). The summed E-state index contributed by atoms with van der Waals surface area (Å²) in [5.41, 5.74) is 1.41. The van der Waals surface area contributed by atoms with Gasteiger partial charge in [-0.1, -0.05) is 25.1 Å². The molecule has 0 fully saturated rings. The van der Waals surface area contributed by atoms with Gasteiger partial charge in [0.15, 0.2) is 9.84 Å². The number of hydrogen-bond acceptors (Lipinski definition) is 5. The molecule has 0 radical (unpaired) electrons. The van der Waals surface area contributed by atoms with E-state index < -0.39 is 9.84 Å². The SMILES string of the molecule is CCC(C)Oc1cc(C(=O)Nc2ccccc2CS(C)(=O)=O)ccn1. The number of ether oxygens (including phenoxy) is 1. The van der Waals surface area contributed by atoms with Gasteiger partial charge >= 0.3 is 0 Å². The van der Waals surface area contributed by atoms with Crippen molar-refractivity contribution in [2.75, 3.05) is 11.6 Å². The molecular formula is C18H22N2O4S. The van der Waals surface area contributed by atoms with Gasteiger partial charge < -0.3 is 10.1 Å². The lowest BCUT2D eigenvalue weighted by Crippen LogP contribution is -2.15. The van der Waals surface area contributed by atoms with Crippen LogP contribution in [0.5, 0.6) is 5.88 Å². The summed E-state index contributed by atoms with van der Waals surface area (Å²) in [4.78, 5) is 16.6. The first-order chi connectivity index (χ1) is 11.8. The summed E-state index contributed by atoms with van der Waals surface area (Å²) in [6, 6.07) is 9.99. The molecule has 1 aromatic carbocycles. The van der Waals surface area contributed by atoms with Crippen molar-refractivity contribution < 1.29 is 17.9 Å². The van der Waals surface area contributed by atoms with E-state index in [0.29, 0.717) is 22.7 Å². The lowest BCUT2D eigenvalue weighted by molar-refractivity contribution is 0.102. The van der Waals surface area contributed by atoms with Gasteiger partial charge in [-0.25, -0.2) is 13.4 Å². The zero-order chi connectivity index (χ0) is 18.4. The average molecular weight is 362 g/mol. The molecule has 0 aliphatic rings. The van der Waals surface area contributed by atoms with Gasteiger partial charge in [0.05, 0.1) is 11.9 Å². The highest BCUT2D eigenvalue weighted by Gasteiger charge is 2.13. The van der Waals surface area contributed by atoms with Crippen LogP contribution in [0.15, 0.2) is 42.6 Å². The zero-order valence-corrected chi connectivity index (χ0v) is 15.3. The molecule has 0 spiro atoms. The van der Waals surface area contributed by atoms with E-state index in [1.54, 1.807) is 36.4 Å². The van der Waals surface area contributed by atoms with E-state index in [9.17, 15) is 13.2 Å². The summed E-state index contributed by atoms with van der Waals surface area (Å²) in [6.45, 7) is 3.93. The Bertz CT molecular complexity index is 850. The van der Waals surface area contributed by atoms with E-state index in [1.807, 2.05) is 13.8 Å². The lowest BCUT2D eigenvalue weighted by atomic mass is 10.2. The summed E-state index contributed by atoms with van der Waals surface area (Å²) >= 11 is 0. The van der Waals surface area contributed by atoms with E-state index in [0.717, 1.165) is 12.7 Å². The van der Waals surface area contributed by atoms with E-state index in [4.69, 9.17) is 4.74 Å². The quantitative estimate of drug-likeness (QED) is 0.818. The van der Waals surface area contributed by atoms with Crippen molar-refractivity contribution in [1.29, 1.82) is 0 Å². The molecule has 2 aromatic rings. The van der Waals surface area contributed by atoms with Crippen LogP contribution >= 0.6 is 0 Å². The number of para-hydroxylation sites is 1. The van der Waals surface area contributed by atoms with Crippen molar-refractivity contribution in [3.05, 3.63) is 53.7 Å². The van der Waals surface area contributed by atoms with Crippen molar-refractivity contribution in [2.45, 2.75) is 32.1 Å². The molecule has 0 bridgehead atoms. The van der Waals surface area contributed by atoms with Gasteiger partial charge in [-0.2, -0.15) is 0 Å². The minimum Gasteiger partial charge on any atom is -0.475 e. The average Bonchev–Trinajstić information content (AvgIpc) is 2.55. The van der Waals surface area contributed by atoms with Crippen LogP contribution in [0.4, 0.5) is 5.69 Å². The van der Waals surface area contributed by atoms with Crippen LogP contribution in [0.25, 0.3) is 0 Å². The van der Waals surface area contributed by atoms with Crippen LogP contribution in [0.3, 0.4) is 0 Å². The van der Waals surface area contributed by atoms with Gasteiger partial charge in [0.25, 0.3) is 5.91 Å². The highest BCUT2D eigenvalue weighted by Crippen LogP contribution is 2.19. The summed E-state index contributed by atoms with van der Waals surface area (Å²) < 4.78 is 28.7. The Morgan fingerprint density at radius 2 is 2.00 bits per heavy atom. The van der Waals surface area contributed by atoms with Crippen molar-refractivity contribution in [1.82, 2.24) is 4.98 Å². The molecule has 1 heterocycles. The van der Waals surface area contributed by atoms with E-state index >= 15 is 0 Å². The summed E-state index contributed by atoms with van der Waals surface area (Å²) in [5, 5.41) is 2.76. The smallest absolute Gasteiger partial charge is 0.255 e. The second-order valence-electron chi connectivity index (χ2n) is 5.90. The number of carbonyl (C=O) groups is 1. The van der Waals surface area contributed by atoms with E-state index in [-0.39, 0.29) is 17.8 Å². The molecule has 1 unspecified atom stereocenters.